The molecule has 0 radical (unpaired) electrons. The number of imidazole rings is 1. The summed E-state index contributed by atoms with van der Waals surface area (Å²) >= 11 is 12.3. The number of alkyl halides is 3. The predicted octanol–water partition coefficient (Wildman–Crippen LogP) is 5.86. The number of pyridine rings is 1. The van der Waals surface area contributed by atoms with Crippen molar-refractivity contribution >= 4 is 51.9 Å². The van der Waals surface area contributed by atoms with Gasteiger partial charge in [0.2, 0.25) is 5.95 Å². The van der Waals surface area contributed by atoms with E-state index in [-0.39, 0.29) is 24.4 Å². The molecule has 1 amide bonds. The van der Waals surface area contributed by atoms with E-state index in [2.05, 4.69) is 25.6 Å². The molecule has 1 aliphatic rings. The number of nitrogens with zero attached hydrogens (tertiary/aromatic N) is 2. The van der Waals surface area contributed by atoms with Crippen molar-refractivity contribution in [1.82, 2.24) is 20.3 Å². The molecule has 11 heteroatoms. The van der Waals surface area contributed by atoms with Crippen LogP contribution in [0.1, 0.15) is 36.0 Å². The molecule has 1 fully saturated rings. The molecule has 0 bridgehead atoms. The van der Waals surface area contributed by atoms with E-state index in [1.54, 1.807) is 24.3 Å². The number of benzene rings is 1. The summed E-state index contributed by atoms with van der Waals surface area (Å²) in [5, 5.41) is 6.63. The van der Waals surface area contributed by atoms with Gasteiger partial charge in [-0.2, -0.15) is 13.2 Å². The number of fused-ring (bicyclic) bond motifs is 1. The number of nitrogens with one attached hydrogen (secondary N) is 3. The SMILES string of the molecule is O=C(N[C@H]1CC[C@H](C(F)(F)F)CC1)c1cnc2[nH]c(Nc3c(Cl)cccc3Cl)nc2c1. The second-order valence-corrected chi connectivity index (χ2v) is 8.28. The second kappa shape index (κ2) is 8.55. The van der Waals surface area contributed by atoms with Crippen molar-refractivity contribution in [3.63, 3.8) is 0 Å². The zero-order valence-corrected chi connectivity index (χ0v) is 17.6. The lowest BCUT2D eigenvalue weighted by Gasteiger charge is -2.30. The molecule has 1 saturated carbocycles. The van der Waals surface area contributed by atoms with Gasteiger partial charge in [-0.25, -0.2) is 9.97 Å². The fourth-order valence-electron chi connectivity index (χ4n) is 3.65. The van der Waals surface area contributed by atoms with Crippen molar-refractivity contribution in [3.05, 3.63) is 46.1 Å². The van der Waals surface area contributed by atoms with Crippen LogP contribution >= 0.6 is 23.2 Å². The van der Waals surface area contributed by atoms with E-state index in [1.807, 2.05) is 0 Å². The normalized spacial score (nSPS) is 19.4. The number of hydrogen-bond donors (Lipinski definition) is 3. The van der Waals surface area contributed by atoms with Crippen molar-refractivity contribution in [2.75, 3.05) is 5.32 Å². The number of aromatic nitrogens is 3. The van der Waals surface area contributed by atoms with Crippen molar-refractivity contribution in [2.45, 2.75) is 37.9 Å². The summed E-state index contributed by atoms with van der Waals surface area (Å²) in [5.41, 5.74) is 1.66. The van der Waals surface area contributed by atoms with Crippen LogP contribution in [0.2, 0.25) is 10.0 Å². The molecule has 164 valence electrons. The summed E-state index contributed by atoms with van der Waals surface area (Å²) in [5.74, 6) is -1.34. The Morgan fingerprint density at radius 1 is 1.13 bits per heavy atom. The van der Waals surface area contributed by atoms with Crippen LogP contribution in [-0.4, -0.2) is 33.1 Å². The molecule has 6 nitrogen and oxygen atoms in total. The summed E-state index contributed by atoms with van der Waals surface area (Å²) in [7, 11) is 0. The lowest BCUT2D eigenvalue weighted by Crippen LogP contribution is -2.40. The number of carbonyl (C=O) groups excluding carboxylic acids is 1. The van der Waals surface area contributed by atoms with E-state index in [1.165, 1.54) is 6.20 Å². The van der Waals surface area contributed by atoms with Crippen LogP contribution in [-0.2, 0) is 0 Å². The highest BCUT2D eigenvalue weighted by atomic mass is 35.5. The Morgan fingerprint density at radius 2 is 1.81 bits per heavy atom. The first-order valence-corrected chi connectivity index (χ1v) is 10.4. The van der Waals surface area contributed by atoms with E-state index in [0.717, 1.165) is 0 Å². The van der Waals surface area contributed by atoms with E-state index >= 15 is 0 Å². The van der Waals surface area contributed by atoms with Gasteiger partial charge in [-0.1, -0.05) is 29.3 Å². The maximum absolute atomic E-state index is 12.8. The van der Waals surface area contributed by atoms with Gasteiger partial charge in [0.05, 0.1) is 27.2 Å². The van der Waals surface area contributed by atoms with Crippen LogP contribution in [0.15, 0.2) is 30.5 Å². The van der Waals surface area contributed by atoms with Crippen LogP contribution in [0.5, 0.6) is 0 Å². The van der Waals surface area contributed by atoms with Crippen molar-refractivity contribution in [1.29, 1.82) is 0 Å². The number of amides is 1. The van der Waals surface area contributed by atoms with E-state index in [4.69, 9.17) is 23.2 Å². The summed E-state index contributed by atoms with van der Waals surface area (Å²) in [6.07, 6.45) is -2.16. The molecule has 0 saturated heterocycles. The third-order valence-corrected chi connectivity index (χ3v) is 5.96. The molecular formula is C20H18Cl2F3N5O. The summed E-state index contributed by atoms with van der Waals surface area (Å²) in [6, 6.07) is 6.36. The maximum atomic E-state index is 12.8. The largest absolute Gasteiger partial charge is 0.391 e. The molecule has 0 spiro atoms. The fourth-order valence-corrected chi connectivity index (χ4v) is 4.14. The molecule has 3 N–H and O–H groups in total. The van der Waals surface area contributed by atoms with Crippen molar-refractivity contribution in [2.24, 2.45) is 5.92 Å². The average Bonchev–Trinajstić information content (AvgIpc) is 3.12. The van der Waals surface area contributed by atoms with Crippen LogP contribution in [0, 0.1) is 5.92 Å². The molecule has 2 heterocycles. The molecule has 0 atom stereocenters. The number of para-hydroxylation sites is 1. The Labute approximate surface area is 185 Å². The lowest BCUT2D eigenvalue weighted by atomic mass is 9.85. The molecule has 0 aliphatic heterocycles. The molecule has 2 aromatic heterocycles. The summed E-state index contributed by atoms with van der Waals surface area (Å²) in [4.78, 5) is 24.1. The van der Waals surface area contributed by atoms with Gasteiger partial charge in [0, 0.05) is 12.2 Å². The average molecular weight is 472 g/mol. The topological polar surface area (TPSA) is 82.7 Å². The highest BCUT2D eigenvalue weighted by molar-refractivity contribution is 6.39. The van der Waals surface area contributed by atoms with Gasteiger partial charge in [-0.05, 0) is 43.9 Å². The van der Waals surface area contributed by atoms with E-state index < -0.39 is 18.0 Å². The molecule has 1 aromatic carbocycles. The first-order chi connectivity index (χ1) is 14.7. The third kappa shape index (κ3) is 4.88. The number of hydrogen-bond acceptors (Lipinski definition) is 4. The lowest BCUT2D eigenvalue weighted by molar-refractivity contribution is -0.182. The Kier molecular flexibility index (Phi) is 5.98. The number of carbonyl (C=O) groups is 1. The minimum atomic E-state index is -4.18. The van der Waals surface area contributed by atoms with Crippen LogP contribution in [0.25, 0.3) is 11.2 Å². The van der Waals surface area contributed by atoms with Gasteiger partial charge in [-0.15, -0.1) is 0 Å². The zero-order valence-electron chi connectivity index (χ0n) is 16.1. The van der Waals surface area contributed by atoms with Gasteiger partial charge in [0.15, 0.2) is 5.65 Å². The molecular weight excluding hydrogens is 454 g/mol. The Balaban J connectivity index is 1.44. The fraction of sp³-hybridized carbons (Fsp3) is 0.350. The first kappa shape index (κ1) is 21.7. The van der Waals surface area contributed by atoms with Gasteiger partial charge in [-0.3, -0.25) is 4.79 Å². The van der Waals surface area contributed by atoms with Gasteiger partial charge in [0.25, 0.3) is 5.91 Å². The smallest absolute Gasteiger partial charge is 0.349 e. The maximum Gasteiger partial charge on any atom is 0.391 e. The molecule has 4 rings (SSSR count). The number of rotatable bonds is 4. The van der Waals surface area contributed by atoms with Crippen LogP contribution in [0.4, 0.5) is 24.8 Å². The summed E-state index contributed by atoms with van der Waals surface area (Å²) < 4.78 is 38.4. The van der Waals surface area contributed by atoms with Gasteiger partial charge in [0.1, 0.15) is 5.52 Å². The monoisotopic (exact) mass is 471 g/mol. The Bertz CT molecular complexity index is 1090. The summed E-state index contributed by atoms with van der Waals surface area (Å²) in [6.45, 7) is 0. The standard InChI is InChI=1S/C20H18Cl2F3N5O/c21-13-2-1-3-14(22)16(13)29-19-28-15-8-10(9-26-17(15)30-19)18(31)27-12-6-4-11(5-7-12)20(23,24)25/h1-3,8-9,11-12H,4-7H2,(H,27,31)(H2,26,28,29,30)/t11-,12-. The molecule has 0 unspecified atom stereocenters. The molecule has 1 aliphatic carbocycles. The van der Waals surface area contributed by atoms with Crippen molar-refractivity contribution < 1.29 is 18.0 Å². The third-order valence-electron chi connectivity index (χ3n) is 5.33. The number of halogens is 5. The van der Waals surface area contributed by atoms with E-state index in [0.29, 0.717) is 45.7 Å². The molecule has 31 heavy (non-hydrogen) atoms. The van der Waals surface area contributed by atoms with Crippen LogP contribution in [0.3, 0.4) is 0 Å². The quantitative estimate of drug-likeness (QED) is 0.444. The number of H-pyrrole nitrogens is 1. The highest BCUT2D eigenvalue weighted by Crippen LogP contribution is 2.37. The van der Waals surface area contributed by atoms with Crippen molar-refractivity contribution in [3.8, 4) is 0 Å². The van der Waals surface area contributed by atoms with E-state index in [9.17, 15) is 18.0 Å². The zero-order chi connectivity index (χ0) is 22.2. The van der Waals surface area contributed by atoms with Gasteiger partial charge >= 0.3 is 6.18 Å². The molecule has 3 aromatic rings. The Hall–Kier alpha value is -2.52. The first-order valence-electron chi connectivity index (χ1n) is 9.65. The van der Waals surface area contributed by atoms with Crippen LogP contribution < -0.4 is 10.6 Å². The minimum absolute atomic E-state index is 0.0186. The minimum Gasteiger partial charge on any atom is -0.349 e. The number of anilines is 2. The predicted molar refractivity (Wildman–Crippen MR) is 113 cm³/mol. The second-order valence-electron chi connectivity index (χ2n) is 7.46. The number of aromatic amines is 1. The highest BCUT2D eigenvalue weighted by Gasteiger charge is 2.41. The van der Waals surface area contributed by atoms with Gasteiger partial charge < -0.3 is 15.6 Å². The Morgan fingerprint density at radius 3 is 2.45 bits per heavy atom.